The van der Waals surface area contributed by atoms with Crippen LogP contribution in [0.1, 0.15) is 37.8 Å². The van der Waals surface area contributed by atoms with Crippen LogP contribution in [0.4, 0.5) is 0 Å². The predicted molar refractivity (Wildman–Crippen MR) is 85.0 cm³/mol. The van der Waals surface area contributed by atoms with Crippen molar-refractivity contribution in [3.8, 4) is 0 Å². The van der Waals surface area contributed by atoms with Crippen LogP contribution >= 0.6 is 0 Å². The van der Waals surface area contributed by atoms with Crippen molar-refractivity contribution in [1.29, 1.82) is 0 Å². The summed E-state index contributed by atoms with van der Waals surface area (Å²) in [5.41, 5.74) is 1.09. The van der Waals surface area contributed by atoms with E-state index in [4.69, 9.17) is 0 Å². The fourth-order valence-corrected chi connectivity index (χ4v) is 2.98. The first kappa shape index (κ1) is 16.0. The van der Waals surface area contributed by atoms with Crippen LogP contribution in [0.25, 0.3) is 0 Å². The number of carbonyl (C=O) groups excluding carboxylic acids is 1. The van der Waals surface area contributed by atoms with Gasteiger partial charge >= 0.3 is 0 Å². The van der Waals surface area contributed by atoms with Crippen LogP contribution in [0.5, 0.6) is 0 Å². The second-order valence-corrected chi connectivity index (χ2v) is 6.08. The molecule has 1 aromatic rings. The van der Waals surface area contributed by atoms with E-state index in [1.54, 1.807) is 0 Å². The quantitative estimate of drug-likeness (QED) is 0.783. The molecule has 0 bridgehead atoms. The Labute approximate surface area is 127 Å². The number of aryl methyl sites for hydroxylation is 1. The normalized spacial score (nSPS) is 19.4. The zero-order valence-corrected chi connectivity index (χ0v) is 13.1. The Morgan fingerprint density at radius 3 is 3.14 bits per heavy atom. The average Bonchev–Trinajstić information content (AvgIpc) is 2.51. The number of nitrogens with zero attached hydrogens (tertiary/aromatic N) is 2. The number of hydrogen-bond acceptors (Lipinski definition) is 3. The van der Waals surface area contributed by atoms with Crippen LogP contribution in [-0.4, -0.2) is 42.5 Å². The third kappa shape index (κ3) is 6.25. The number of hydrogen-bond donors (Lipinski definition) is 1. The zero-order valence-electron chi connectivity index (χ0n) is 13.1. The molecule has 0 spiro atoms. The van der Waals surface area contributed by atoms with Gasteiger partial charge in [-0.05, 0) is 63.7 Å². The van der Waals surface area contributed by atoms with Gasteiger partial charge in [0.15, 0.2) is 0 Å². The number of likely N-dealkylation sites (tertiary alicyclic amines) is 1. The van der Waals surface area contributed by atoms with E-state index in [1.165, 1.54) is 19.4 Å². The van der Waals surface area contributed by atoms with Gasteiger partial charge in [0, 0.05) is 31.4 Å². The SMILES string of the molecule is CN1CCC[C@H](CCC(=O)NCCCc2ccccn2)C1. The smallest absolute Gasteiger partial charge is 0.220 e. The lowest BCUT2D eigenvalue weighted by atomic mass is 9.93. The Bertz CT molecular complexity index is 421. The Kier molecular flexibility index (Phi) is 6.67. The molecule has 4 nitrogen and oxygen atoms in total. The maximum atomic E-state index is 11.8. The van der Waals surface area contributed by atoms with Crippen LogP contribution in [0.3, 0.4) is 0 Å². The Morgan fingerprint density at radius 2 is 2.38 bits per heavy atom. The van der Waals surface area contributed by atoms with Gasteiger partial charge < -0.3 is 10.2 Å². The van der Waals surface area contributed by atoms with Crippen molar-refractivity contribution >= 4 is 5.91 Å². The number of pyridine rings is 1. The number of piperidine rings is 1. The van der Waals surface area contributed by atoms with Crippen molar-refractivity contribution in [2.24, 2.45) is 5.92 Å². The summed E-state index contributed by atoms with van der Waals surface area (Å²) in [5, 5.41) is 3.02. The molecular weight excluding hydrogens is 262 g/mol. The molecule has 4 heteroatoms. The van der Waals surface area contributed by atoms with Gasteiger partial charge in [-0.2, -0.15) is 0 Å². The fraction of sp³-hybridized carbons (Fsp3) is 0.647. The summed E-state index contributed by atoms with van der Waals surface area (Å²) in [6.45, 7) is 3.10. The number of carbonyl (C=O) groups is 1. The second-order valence-electron chi connectivity index (χ2n) is 6.08. The first-order valence-corrected chi connectivity index (χ1v) is 8.09. The van der Waals surface area contributed by atoms with Gasteiger partial charge in [-0.1, -0.05) is 6.07 Å². The number of rotatable bonds is 7. The first-order chi connectivity index (χ1) is 10.2. The molecule has 0 aromatic carbocycles. The predicted octanol–water partition coefficient (Wildman–Crippen LogP) is 2.25. The van der Waals surface area contributed by atoms with E-state index in [0.717, 1.165) is 38.0 Å². The lowest BCUT2D eigenvalue weighted by molar-refractivity contribution is -0.121. The molecule has 21 heavy (non-hydrogen) atoms. The molecule has 116 valence electrons. The third-order valence-corrected chi connectivity index (χ3v) is 4.16. The molecule has 1 saturated heterocycles. The van der Waals surface area contributed by atoms with E-state index >= 15 is 0 Å². The Hall–Kier alpha value is -1.42. The highest BCUT2D eigenvalue weighted by Gasteiger charge is 2.17. The molecule has 1 aliphatic heterocycles. The van der Waals surface area contributed by atoms with E-state index in [0.29, 0.717) is 12.3 Å². The zero-order chi connectivity index (χ0) is 14.9. The summed E-state index contributed by atoms with van der Waals surface area (Å²) in [6, 6.07) is 5.96. The van der Waals surface area contributed by atoms with Gasteiger partial charge in [-0.3, -0.25) is 9.78 Å². The first-order valence-electron chi connectivity index (χ1n) is 8.09. The minimum absolute atomic E-state index is 0.198. The topological polar surface area (TPSA) is 45.2 Å². The van der Waals surface area contributed by atoms with Crippen molar-refractivity contribution in [1.82, 2.24) is 15.2 Å². The molecule has 0 aliphatic carbocycles. The number of nitrogens with one attached hydrogen (secondary N) is 1. The summed E-state index contributed by atoms with van der Waals surface area (Å²) in [5.74, 6) is 0.896. The lowest BCUT2D eigenvalue weighted by Crippen LogP contribution is -2.33. The summed E-state index contributed by atoms with van der Waals surface area (Å²) in [7, 11) is 2.17. The monoisotopic (exact) mass is 289 g/mol. The van der Waals surface area contributed by atoms with Crippen molar-refractivity contribution in [2.45, 2.75) is 38.5 Å². The fourth-order valence-electron chi connectivity index (χ4n) is 2.98. The second kappa shape index (κ2) is 8.78. The van der Waals surface area contributed by atoms with Crippen molar-refractivity contribution < 1.29 is 4.79 Å². The molecule has 0 saturated carbocycles. The molecule has 0 radical (unpaired) electrons. The highest BCUT2D eigenvalue weighted by molar-refractivity contribution is 5.75. The van der Waals surface area contributed by atoms with E-state index in [2.05, 4.69) is 22.2 Å². The molecule has 0 unspecified atom stereocenters. The van der Waals surface area contributed by atoms with Crippen molar-refractivity contribution in [3.05, 3.63) is 30.1 Å². The standard InChI is InChI=1S/C17H27N3O/c1-20-13-5-6-15(14-20)9-10-17(21)19-12-4-8-16-7-2-3-11-18-16/h2-3,7,11,15H,4-6,8-10,12-14H2,1H3,(H,19,21)/t15-/m1/s1. The van der Waals surface area contributed by atoms with Crippen LogP contribution in [0.15, 0.2) is 24.4 Å². The maximum Gasteiger partial charge on any atom is 0.220 e. The minimum Gasteiger partial charge on any atom is -0.356 e. The molecule has 1 aromatic heterocycles. The van der Waals surface area contributed by atoms with E-state index in [9.17, 15) is 4.79 Å². The van der Waals surface area contributed by atoms with E-state index in [-0.39, 0.29) is 5.91 Å². The van der Waals surface area contributed by atoms with Gasteiger partial charge in [0.05, 0.1) is 0 Å². The number of amides is 1. The van der Waals surface area contributed by atoms with Crippen LogP contribution in [0.2, 0.25) is 0 Å². The van der Waals surface area contributed by atoms with Gasteiger partial charge in [0.2, 0.25) is 5.91 Å². The van der Waals surface area contributed by atoms with E-state index < -0.39 is 0 Å². The number of aromatic nitrogens is 1. The molecule has 1 fully saturated rings. The van der Waals surface area contributed by atoms with Gasteiger partial charge in [0.25, 0.3) is 0 Å². The summed E-state index contributed by atoms with van der Waals surface area (Å²) in [6.07, 6.45) is 7.93. The molecule has 1 amide bonds. The minimum atomic E-state index is 0.198. The molecule has 1 N–H and O–H groups in total. The van der Waals surface area contributed by atoms with E-state index in [1.807, 2.05) is 24.4 Å². The van der Waals surface area contributed by atoms with Crippen LogP contribution in [-0.2, 0) is 11.2 Å². The Morgan fingerprint density at radius 1 is 1.48 bits per heavy atom. The van der Waals surface area contributed by atoms with Crippen LogP contribution in [0, 0.1) is 5.92 Å². The molecule has 1 aliphatic rings. The third-order valence-electron chi connectivity index (χ3n) is 4.16. The highest BCUT2D eigenvalue weighted by Crippen LogP contribution is 2.19. The largest absolute Gasteiger partial charge is 0.356 e. The lowest BCUT2D eigenvalue weighted by Gasteiger charge is -2.29. The van der Waals surface area contributed by atoms with Crippen molar-refractivity contribution in [3.63, 3.8) is 0 Å². The maximum absolute atomic E-state index is 11.8. The summed E-state index contributed by atoms with van der Waals surface area (Å²) < 4.78 is 0. The van der Waals surface area contributed by atoms with Crippen LogP contribution < -0.4 is 5.32 Å². The summed E-state index contributed by atoms with van der Waals surface area (Å²) in [4.78, 5) is 18.5. The average molecular weight is 289 g/mol. The van der Waals surface area contributed by atoms with Gasteiger partial charge in [0.1, 0.15) is 0 Å². The molecule has 2 rings (SSSR count). The molecular formula is C17H27N3O. The van der Waals surface area contributed by atoms with Gasteiger partial charge in [-0.25, -0.2) is 0 Å². The summed E-state index contributed by atoms with van der Waals surface area (Å²) >= 11 is 0. The van der Waals surface area contributed by atoms with Gasteiger partial charge in [-0.15, -0.1) is 0 Å². The van der Waals surface area contributed by atoms with Crippen molar-refractivity contribution in [2.75, 3.05) is 26.7 Å². The molecule has 2 heterocycles. The Balaban J connectivity index is 1.53. The molecule has 1 atom stereocenters. The highest BCUT2D eigenvalue weighted by atomic mass is 16.1.